The molecule has 2 N–H and O–H groups in total. The van der Waals surface area contributed by atoms with E-state index in [4.69, 9.17) is 5.73 Å². The Morgan fingerprint density at radius 1 is 1.50 bits per heavy atom. The van der Waals surface area contributed by atoms with Gasteiger partial charge in [0.1, 0.15) is 0 Å². The van der Waals surface area contributed by atoms with Crippen LogP contribution in [0.15, 0.2) is 0 Å². The quantitative estimate of drug-likeness (QED) is 0.706. The lowest BCUT2D eigenvalue weighted by molar-refractivity contribution is 0.467. The highest BCUT2D eigenvalue weighted by molar-refractivity contribution is 7.92. The van der Waals surface area contributed by atoms with Crippen LogP contribution in [0.5, 0.6) is 0 Å². The zero-order chi connectivity index (χ0) is 9.19. The van der Waals surface area contributed by atoms with Crippen molar-refractivity contribution in [2.45, 2.75) is 32.2 Å². The summed E-state index contributed by atoms with van der Waals surface area (Å²) >= 11 is 0. The van der Waals surface area contributed by atoms with Crippen LogP contribution in [0.2, 0.25) is 0 Å². The molecule has 1 heterocycles. The summed E-state index contributed by atoms with van der Waals surface area (Å²) in [5.41, 5.74) is 5.57. The lowest BCUT2D eigenvalue weighted by Crippen LogP contribution is -2.36. The van der Waals surface area contributed by atoms with Crippen molar-refractivity contribution >= 4 is 9.84 Å². The van der Waals surface area contributed by atoms with Crippen molar-refractivity contribution in [2.75, 3.05) is 11.5 Å². The van der Waals surface area contributed by atoms with E-state index in [-0.39, 0.29) is 6.04 Å². The number of hydrogen-bond acceptors (Lipinski definition) is 3. The fourth-order valence-corrected chi connectivity index (χ4v) is 3.24. The average Bonchev–Trinajstić information content (AvgIpc) is 1.82. The third-order valence-electron chi connectivity index (χ3n) is 2.25. The van der Waals surface area contributed by atoms with Gasteiger partial charge in [-0.3, -0.25) is 0 Å². The van der Waals surface area contributed by atoms with Crippen molar-refractivity contribution in [3.63, 3.8) is 0 Å². The van der Waals surface area contributed by atoms with Gasteiger partial charge in [-0.2, -0.15) is 0 Å². The van der Waals surface area contributed by atoms with Gasteiger partial charge < -0.3 is 5.73 Å². The van der Waals surface area contributed by atoms with Crippen LogP contribution in [-0.2, 0) is 9.84 Å². The van der Waals surface area contributed by atoms with Crippen molar-refractivity contribution in [3.8, 4) is 0 Å². The number of hydrogen-bond donors (Lipinski definition) is 1. The van der Waals surface area contributed by atoms with E-state index in [2.05, 4.69) is 0 Å². The van der Waals surface area contributed by atoms with Crippen LogP contribution in [0, 0.1) is 5.92 Å². The molecule has 0 bridgehead atoms. The highest BCUT2D eigenvalue weighted by Crippen LogP contribution is 2.23. The molecule has 1 fully saturated rings. The second-order valence-corrected chi connectivity index (χ2v) is 6.00. The third-order valence-corrected chi connectivity index (χ3v) is 4.21. The predicted molar refractivity (Wildman–Crippen MR) is 49.6 cm³/mol. The summed E-state index contributed by atoms with van der Waals surface area (Å²) in [6.07, 6.45) is 3.11. The highest BCUT2D eigenvalue weighted by atomic mass is 32.2. The summed E-state index contributed by atoms with van der Waals surface area (Å²) in [5.74, 6) is 1.24. The molecule has 4 heteroatoms. The molecule has 72 valence electrons. The Balaban J connectivity index is 2.05. The minimum absolute atomic E-state index is 0.252. The SMILES string of the molecule is CC(N)CCCC1CS(=O)(=O)C1. The van der Waals surface area contributed by atoms with Crippen LogP contribution < -0.4 is 5.73 Å². The summed E-state index contributed by atoms with van der Waals surface area (Å²) in [5, 5.41) is 0. The van der Waals surface area contributed by atoms with Crippen LogP contribution in [0.1, 0.15) is 26.2 Å². The van der Waals surface area contributed by atoms with Crippen LogP contribution in [0.3, 0.4) is 0 Å². The molecule has 0 spiro atoms. The Kier molecular flexibility index (Phi) is 3.12. The van der Waals surface area contributed by atoms with E-state index in [1.165, 1.54) is 0 Å². The van der Waals surface area contributed by atoms with Crippen LogP contribution in [0.4, 0.5) is 0 Å². The molecule has 1 rings (SSSR count). The molecule has 1 atom stereocenters. The van der Waals surface area contributed by atoms with E-state index >= 15 is 0 Å². The van der Waals surface area contributed by atoms with Gasteiger partial charge in [0.25, 0.3) is 0 Å². The van der Waals surface area contributed by atoms with E-state index in [0.29, 0.717) is 17.4 Å². The maximum Gasteiger partial charge on any atom is 0.150 e. The lowest BCUT2D eigenvalue weighted by Gasteiger charge is -2.25. The molecule has 3 nitrogen and oxygen atoms in total. The normalized spacial score (nSPS) is 24.8. The van der Waals surface area contributed by atoms with Gasteiger partial charge in [-0.15, -0.1) is 0 Å². The second-order valence-electron chi connectivity index (χ2n) is 3.85. The van der Waals surface area contributed by atoms with Crippen LogP contribution >= 0.6 is 0 Å². The van der Waals surface area contributed by atoms with E-state index in [1.807, 2.05) is 6.92 Å². The molecule has 1 saturated heterocycles. The first-order chi connectivity index (χ1) is 5.49. The fraction of sp³-hybridized carbons (Fsp3) is 1.00. The highest BCUT2D eigenvalue weighted by Gasteiger charge is 2.32. The van der Waals surface area contributed by atoms with Gasteiger partial charge in [0.15, 0.2) is 9.84 Å². The molecular weight excluding hydrogens is 174 g/mol. The lowest BCUT2D eigenvalue weighted by atomic mass is 10.0. The first kappa shape index (κ1) is 9.99. The molecule has 0 aromatic carbocycles. The summed E-state index contributed by atoms with van der Waals surface area (Å²) in [6, 6.07) is 0.252. The summed E-state index contributed by atoms with van der Waals surface area (Å²) in [4.78, 5) is 0. The molecule has 0 aromatic heterocycles. The molecule has 0 aromatic rings. The van der Waals surface area contributed by atoms with Gasteiger partial charge >= 0.3 is 0 Å². The Morgan fingerprint density at radius 3 is 2.50 bits per heavy atom. The zero-order valence-corrected chi connectivity index (χ0v) is 8.31. The Bertz CT molecular complexity index is 221. The summed E-state index contributed by atoms with van der Waals surface area (Å²) in [6.45, 7) is 1.98. The first-order valence-corrected chi connectivity index (χ1v) is 6.28. The number of rotatable bonds is 4. The van der Waals surface area contributed by atoms with Crippen molar-refractivity contribution < 1.29 is 8.42 Å². The molecule has 0 aliphatic carbocycles. The maximum absolute atomic E-state index is 10.8. The molecule has 1 aliphatic heterocycles. The molecule has 0 saturated carbocycles. The monoisotopic (exact) mass is 191 g/mol. The van der Waals surface area contributed by atoms with Crippen molar-refractivity contribution in [1.82, 2.24) is 0 Å². The molecule has 0 amide bonds. The van der Waals surface area contributed by atoms with Gasteiger partial charge in [-0.05, 0) is 25.7 Å². The third kappa shape index (κ3) is 3.11. The smallest absolute Gasteiger partial charge is 0.150 e. The molecule has 0 radical (unpaired) electrons. The van der Waals surface area contributed by atoms with Crippen molar-refractivity contribution in [2.24, 2.45) is 11.7 Å². The van der Waals surface area contributed by atoms with Gasteiger partial charge in [0.2, 0.25) is 0 Å². The molecule has 1 aliphatic rings. The molecule has 1 unspecified atom stereocenters. The summed E-state index contributed by atoms with van der Waals surface area (Å²) < 4.78 is 21.5. The molecule has 12 heavy (non-hydrogen) atoms. The maximum atomic E-state index is 10.8. The Hall–Kier alpha value is -0.0900. The second kappa shape index (κ2) is 3.75. The molecular formula is C8H17NO2S. The fourth-order valence-electron chi connectivity index (χ4n) is 1.56. The Labute approximate surface area is 74.3 Å². The van der Waals surface area contributed by atoms with Crippen LogP contribution in [0.25, 0.3) is 0 Å². The van der Waals surface area contributed by atoms with Gasteiger partial charge in [0, 0.05) is 6.04 Å². The van der Waals surface area contributed by atoms with Crippen LogP contribution in [-0.4, -0.2) is 26.0 Å². The van der Waals surface area contributed by atoms with Gasteiger partial charge in [0.05, 0.1) is 11.5 Å². The topological polar surface area (TPSA) is 60.2 Å². The van der Waals surface area contributed by atoms with E-state index in [1.54, 1.807) is 0 Å². The largest absolute Gasteiger partial charge is 0.328 e. The van der Waals surface area contributed by atoms with E-state index in [9.17, 15) is 8.42 Å². The van der Waals surface area contributed by atoms with Crippen molar-refractivity contribution in [3.05, 3.63) is 0 Å². The van der Waals surface area contributed by atoms with Gasteiger partial charge in [-0.25, -0.2) is 8.42 Å². The minimum Gasteiger partial charge on any atom is -0.328 e. The van der Waals surface area contributed by atoms with Gasteiger partial charge in [-0.1, -0.05) is 6.42 Å². The minimum atomic E-state index is -2.61. The predicted octanol–water partition coefficient (Wildman–Crippen LogP) is 0.548. The number of nitrogens with two attached hydrogens (primary N) is 1. The summed E-state index contributed by atoms with van der Waals surface area (Å²) in [7, 11) is -2.61. The number of sulfone groups is 1. The Morgan fingerprint density at radius 2 is 2.08 bits per heavy atom. The van der Waals surface area contributed by atoms with E-state index < -0.39 is 9.84 Å². The average molecular weight is 191 g/mol. The standard InChI is InChI=1S/C8H17NO2S/c1-7(9)3-2-4-8-5-12(10,11)6-8/h7-8H,2-6,9H2,1H3. The van der Waals surface area contributed by atoms with E-state index in [0.717, 1.165) is 19.3 Å². The zero-order valence-electron chi connectivity index (χ0n) is 7.49. The van der Waals surface area contributed by atoms with Crippen molar-refractivity contribution in [1.29, 1.82) is 0 Å². The first-order valence-electron chi connectivity index (χ1n) is 4.45.